The Morgan fingerprint density at radius 1 is 1.19 bits per heavy atom. The molecule has 0 aliphatic heterocycles. The molecule has 2 heteroatoms. The van der Waals surface area contributed by atoms with Crippen LogP contribution in [0.1, 0.15) is 38.2 Å². The molecular weight excluding hydrogens is 200 g/mol. The van der Waals surface area contributed by atoms with Crippen LogP contribution in [0.3, 0.4) is 0 Å². The van der Waals surface area contributed by atoms with E-state index in [4.69, 9.17) is 4.74 Å². The van der Waals surface area contributed by atoms with Gasteiger partial charge < -0.3 is 9.84 Å². The van der Waals surface area contributed by atoms with Gasteiger partial charge in [-0.2, -0.15) is 0 Å². The molecular formula is C14H22O2. The standard InChI is InChI=1S/C14H22O2/c1-3-5-13(15)7-4-6-12-8-10-14(16-2)11-9-12/h8-11,13,15H,3-7H2,1-2H3. The molecule has 0 saturated carbocycles. The Balaban J connectivity index is 2.26. The zero-order valence-electron chi connectivity index (χ0n) is 10.3. The summed E-state index contributed by atoms with van der Waals surface area (Å²) >= 11 is 0. The first-order valence-electron chi connectivity index (χ1n) is 6.07. The van der Waals surface area contributed by atoms with Gasteiger partial charge >= 0.3 is 0 Å². The number of aliphatic hydroxyl groups is 1. The van der Waals surface area contributed by atoms with Gasteiger partial charge in [-0.15, -0.1) is 0 Å². The van der Waals surface area contributed by atoms with Gasteiger partial charge in [0.2, 0.25) is 0 Å². The molecule has 1 atom stereocenters. The summed E-state index contributed by atoms with van der Waals surface area (Å²) in [6.45, 7) is 2.10. The average Bonchev–Trinajstić information content (AvgIpc) is 2.30. The van der Waals surface area contributed by atoms with E-state index in [0.29, 0.717) is 0 Å². The van der Waals surface area contributed by atoms with Crippen molar-refractivity contribution in [2.45, 2.75) is 45.1 Å². The van der Waals surface area contributed by atoms with Crippen molar-refractivity contribution in [3.63, 3.8) is 0 Å². The highest BCUT2D eigenvalue weighted by Crippen LogP contribution is 2.14. The van der Waals surface area contributed by atoms with Crippen LogP contribution in [-0.4, -0.2) is 18.3 Å². The van der Waals surface area contributed by atoms with Crippen molar-refractivity contribution in [2.24, 2.45) is 0 Å². The highest BCUT2D eigenvalue weighted by molar-refractivity contribution is 5.27. The van der Waals surface area contributed by atoms with Gasteiger partial charge in [0.1, 0.15) is 5.75 Å². The fourth-order valence-electron chi connectivity index (χ4n) is 1.81. The minimum absolute atomic E-state index is 0.122. The molecule has 0 aliphatic rings. The summed E-state index contributed by atoms with van der Waals surface area (Å²) < 4.78 is 5.10. The van der Waals surface area contributed by atoms with Crippen LogP contribution >= 0.6 is 0 Å². The summed E-state index contributed by atoms with van der Waals surface area (Å²) in [6, 6.07) is 8.14. The molecule has 90 valence electrons. The lowest BCUT2D eigenvalue weighted by molar-refractivity contribution is 0.151. The summed E-state index contributed by atoms with van der Waals surface area (Å²) in [5, 5.41) is 9.59. The van der Waals surface area contributed by atoms with Crippen molar-refractivity contribution >= 4 is 0 Å². The minimum atomic E-state index is -0.122. The maximum atomic E-state index is 9.59. The van der Waals surface area contributed by atoms with E-state index in [1.807, 2.05) is 12.1 Å². The Kier molecular flexibility index (Phi) is 5.94. The van der Waals surface area contributed by atoms with Crippen LogP contribution in [-0.2, 0) is 6.42 Å². The molecule has 0 saturated heterocycles. The van der Waals surface area contributed by atoms with E-state index in [-0.39, 0.29) is 6.10 Å². The fraction of sp³-hybridized carbons (Fsp3) is 0.571. The Morgan fingerprint density at radius 3 is 2.44 bits per heavy atom. The lowest BCUT2D eigenvalue weighted by atomic mass is 10.0. The molecule has 0 aromatic heterocycles. The largest absolute Gasteiger partial charge is 0.497 e. The number of hydrogen-bond acceptors (Lipinski definition) is 2. The molecule has 1 aromatic carbocycles. The monoisotopic (exact) mass is 222 g/mol. The van der Waals surface area contributed by atoms with Crippen LogP contribution in [0.2, 0.25) is 0 Å². The summed E-state index contributed by atoms with van der Waals surface area (Å²) in [5.74, 6) is 0.898. The van der Waals surface area contributed by atoms with Gasteiger partial charge in [0.15, 0.2) is 0 Å². The Hall–Kier alpha value is -1.02. The SMILES string of the molecule is CCCC(O)CCCc1ccc(OC)cc1. The second-order valence-corrected chi connectivity index (χ2v) is 4.18. The summed E-state index contributed by atoms with van der Waals surface area (Å²) in [7, 11) is 1.68. The third-order valence-corrected chi connectivity index (χ3v) is 2.78. The van der Waals surface area contributed by atoms with E-state index >= 15 is 0 Å². The molecule has 0 bridgehead atoms. The Labute approximate surface area is 98.3 Å². The lowest BCUT2D eigenvalue weighted by Gasteiger charge is -2.08. The van der Waals surface area contributed by atoms with Crippen molar-refractivity contribution in [1.82, 2.24) is 0 Å². The van der Waals surface area contributed by atoms with Crippen LogP contribution < -0.4 is 4.74 Å². The third-order valence-electron chi connectivity index (χ3n) is 2.78. The van der Waals surface area contributed by atoms with Crippen molar-refractivity contribution in [3.8, 4) is 5.75 Å². The van der Waals surface area contributed by atoms with Gasteiger partial charge in [0, 0.05) is 0 Å². The van der Waals surface area contributed by atoms with E-state index in [1.165, 1.54) is 5.56 Å². The Morgan fingerprint density at radius 2 is 1.88 bits per heavy atom. The van der Waals surface area contributed by atoms with E-state index in [9.17, 15) is 5.11 Å². The molecule has 0 heterocycles. The molecule has 0 amide bonds. The van der Waals surface area contributed by atoms with Gasteiger partial charge in [-0.05, 0) is 43.4 Å². The molecule has 1 rings (SSSR count). The van der Waals surface area contributed by atoms with E-state index in [0.717, 1.165) is 37.9 Å². The predicted octanol–water partition coefficient (Wildman–Crippen LogP) is 3.18. The topological polar surface area (TPSA) is 29.5 Å². The zero-order valence-corrected chi connectivity index (χ0v) is 10.3. The maximum absolute atomic E-state index is 9.59. The highest BCUT2D eigenvalue weighted by atomic mass is 16.5. The van der Waals surface area contributed by atoms with Gasteiger partial charge in [-0.1, -0.05) is 25.5 Å². The molecule has 0 fully saturated rings. The first kappa shape index (κ1) is 13.0. The van der Waals surface area contributed by atoms with Crippen LogP contribution in [0, 0.1) is 0 Å². The van der Waals surface area contributed by atoms with E-state index in [1.54, 1.807) is 7.11 Å². The molecule has 1 N–H and O–H groups in total. The maximum Gasteiger partial charge on any atom is 0.118 e. The third kappa shape index (κ3) is 4.67. The highest BCUT2D eigenvalue weighted by Gasteiger charge is 2.02. The fourth-order valence-corrected chi connectivity index (χ4v) is 1.81. The second-order valence-electron chi connectivity index (χ2n) is 4.18. The number of benzene rings is 1. The average molecular weight is 222 g/mol. The molecule has 16 heavy (non-hydrogen) atoms. The first-order chi connectivity index (χ1) is 7.76. The molecule has 1 unspecified atom stereocenters. The lowest BCUT2D eigenvalue weighted by Crippen LogP contribution is -2.05. The minimum Gasteiger partial charge on any atom is -0.497 e. The Bertz CT molecular complexity index is 279. The van der Waals surface area contributed by atoms with Crippen molar-refractivity contribution in [3.05, 3.63) is 29.8 Å². The van der Waals surface area contributed by atoms with Crippen molar-refractivity contribution in [1.29, 1.82) is 0 Å². The molecule has 0 aliphatic carbocycles. The number of rotatable bonds is 7. The van der Waals surface area contributed by atoms with Crippen LogP contribution in [0.15, 0.2) is 24.3 Å². The zero-order chi connectivity index (χ0) is 11.8. The van der Waals surface area contributed by atoms with Crippen LogP contribution in [0.5, 0.6) is 5.75 Å². The number of aryl methyl sites for hydroxylation is 1. The first-order valence-corrected chi connectivity index (χ1v) is 6.07. The van der Waals surface area contributed by atoms with Crippen LogP contribution in [0.25, 0.3) is 0 Å². The number of hydrogen-bond donors (Lipinski definition) is 1. The second kappa shape index (κ2) is 7.29. The number of ether oxygens (including phenoxy) is 1. The summed E-state index contributed by atoms with van der Waals surface area (Å²) in [5.41, 5.74) is 1.31. The summed E-state index contributed by atoms with van der Waals surface area (Å²) in [4.78, 5) is 0. The van der Waals surface area contributed by atoms with Crippen LogP contribution in [0.4, 0.5) is 0 Å². The smallest absolute Gasteiger partial charge is 0.118 e. The normalized spacial score (nSPS) is 12.4. The molecule has 2 nitrogen and oxygen atoms in total. The van der Waals surface area contributed by atoms with Gasteiger partial charge in [0.05, 0.1) is 13.2 Å². The van der Waals surface area contributed by atoms with Crippen molar-refractivity contribution in [2.75, 3.05) is 7.11 Å². The van der Waals surface area contributed by atoms with Crippen molar-refractivity contribution < 1.29 is 9.84 Å². The molecule has 0 spiro atoms. The molecule has 0 radical (unpaired) electrons. The van der Waals surface area contributed by atoms with Gasteiger partial charge in [-0.25, -0.2) is 0 Å². The van der Waals surface area contributed by atoms with E-state index < -0.39 is 0 Å². The number of aliphatic hydroxyl groups excluding tert-OH is 1. The summed E-state index contributed by atoms with van der Waals surface area (Å²) in [6.07, 6.45) is 4.84. The predicted molar refractivity (Wildman–Crippen MR) is 66.8 cm³/mol. The molecule has 1 aromatic rings. The van der Waals surface area contributed by atoms with Gasteiger partial charge in [-0.3, -0.25) is 0 Å². The number of methoxy groups -OCH3 is 1. The van der Waals surface area contributed by atoms with Gasteiger partial charge in [0.25, 0.3) is 0 Å². The quantitative estimate of drug-likeness (QED) is 0.767. The van der Waals surface area contributed by atoms with E-state index in [2.05, 4.69) is 19.1 Å².